The van der Waals surface area contributed by atoms with Gasteiger partial charge in [0.15, 0.2) is 5.78 Å². The smallest absolute Gasteiger partial charge is 0.177 e. The predicted octanol–water partition coefficient (Wildman–Crippen LogP) is 3.70. The first-order valence-corrected chi connectivity index (χ1v) is 5.96. The number of halogens is 2. The van der Waals surface area contributed by atoms with Crippen LogP contribution in [0.1, 0.15) is 24.2 Å². The monoisotopic (exact) mass is 290 g/mol. The molecule has 0 aliphatic carbocycles. The summed E-state index contributed by atoms with van der Waals surface area (Å²) in [4.78, 5) is 11.4. The number of carbonyl (C=O) groups is 1. The summed E-state index contributed by atoms with van der Waals surface area (Å²) < 4.78 is 5.27. The van der Waals surface area contributed by atoms with E-state index in [1.54, 1.807) is 25.1 Å². The lowest BCUT2D eigenvalue weighted by Gasteiger charge is -2.08. The summed E-state index contributed by atoms with van der Waals surface area (Å²) in [6.45, 7) is 4.25. The lowest BCUT2D eigenvalue weighted by Crippen LogP contribution is -2.10. The summed E-state index contributed by atoms with van der Waals surface area (Å²) in [5, 5.41) is 0.428. The molecule has 0 heterocycles. The van der Waals surface area contributed by atoms with Gasteiger partial charge in [0.05, 0.1) is 16.5 Å². The second-order valence-corrected chi connectivity index (χ2v) is 4.84. The van der Waals surface area contributed by atoms with Gasteiger partial charge in [-0.3, -0.25) is 4.79 Å². The van der Waals surface area contributed by atoms with Crippen molar-refractivity contribution in [2.75, 3.05) is 6.61 Å². The number of carbonyl (C=O) groups excluding carboxylic acids is 1. The predicted molar refractivity (Wildman–Crippen MR) is 65.3 cm³/mol. The molecule has 0 spiro atoms. The molecule has 0 aromatic heterocycles. The molecule has 0 saturated carbocycles. The number of ketones is 1. The molecule has 0 fully saturated rings. The molecule has 1 aromatic rings. The summed E-state index contributed by atoms with van der Waals surface area (Å²) in [6.07, 6.45) is 0. The van der Waals surface area contributed by atoms with E-state index in [9.17, 15) is 4.79 Å². The molecule has 1 atom stereocenters. The van der Waals surface area contributed by atoms with Crippen LogP contribution in [0.5, 0.6) is 5.75 Å². The molecular weight excluding hydrogens is 279 g/mol. The first-order chi connectivity index (χ1) is 7.06. The second kappa shape index (κ2) is 5.52. The topological polar surface area (TPSA) is 26.3 Å². The Morgan fingerprint density at radius 1 is 1.60 bits per heavy atom. The van der Waals surface area contributed by atoms with Crippen molar-refractivity contribution in [3.8, 4) is 5.75 Å². The maximum atomic E-state index is 11.7. The Kier molecular flexibility index (Phi) is 4.61. The number of benzene rings is 1. The maximum absolute atomic E-state index is 11.7. The number of alkyl halides is 1. The van der Waals surface area contributed by atoms with Gasteiger partial charge in [-0.15, -0.1) is 0 Å². The number of hydrogen-bond donors (Lipinski definition) is 0. The van der Waals surface area contributed by atoms with Crippen LogP contribution in [0, 0.1) is 0 Å². The fraction of sp³-hybridized carbons (Fsp3) is 0.364. The Labute approximate surface area is 103 Å². The number of Topliss-reactive ketones (excluding diaryl/α,β-unsaturated/α-hetero) is 1. The molecule has 4 heteroatoms. The molecule has 0 aliphatic rings. The summed E-state index contributed by atoms with van der Waals surface area (Å²) in [7, 11) is 0. The van der Waals surface area contributed by atoms with E-state index in [2.05, 4.69) is 15.9 Å². The van der Waals surface area contributed by atoms with Crippen LogP contribution in [0.15, 0.2) is 18.2 Å². The lowest BCUT2D eigenvalue weighted by atomic mass is 10.1. The van der Waals surface area contributed by atoms with Gasteiger partial charge in [-0.25, -0.2) is 0 Å². The normalized spacial score (nSPS) is 12.3. The highest BCUT2D eigenvalue weighted by Gasteiger charge is 2.15. The first-order valence-electron chi connectivity index (χ1n) is 4.67. The standard InChI is InChI=1S/C11H12BrClO2/c1-3-15-8-4-5-9(10(13)6-8)11(14)7(2)12/h4-7H,3H2,1-2H3. The van der Waals surface area contributed by atoms with E-state index in [1.807, 2.05) is 6.92 Å². The van der Waals surface area contributed by atoms with Crippen molar-refractivity contribution in [2.24, 2.45) is 0 Å². The highest BCUT2D eigenvalue weighted by molar-refractivity contribution is 9.10. The molecule has 0 radical (unpaired) electrons. The van der Waals surface area contributed by atoms with E-state index in [-0.39, 0.29) is 10.6 Å². The molecule has 15 heavy (non-hydrogen) atoms. The third kappa shape index (κ3) is 3.21. The SMILES string of the molecule is CCOc1ccc(C(=O)C(C)Br)c(Cl)c1. The minimum Gasteiger partial charge on any atom is -0.494 e. The summed E-state index contributed by atoms with van der Waals surface area (Å²) in [5.41, 5.74) is 0.518. The van der Waals surface area contributed by atoms with Crippen molar-refractivity contribution < 1.29 is 9.53 Å². The second-order valence-electron chi connectivity index (χ2n) is 3.05. The third-order valence-corrected chi connectivity index (χ3v) is 2.61. The molecule has 2 nitrogen and oxygen atoms in total. The van der Waals surface area contributed by atoms with E-state index in [4.69, 9.17) is 16.3 Å². The fourth-order valence-corrected chi connectivity index (χ4v) is 1.68. The van der Waals surface area contributed by atoms with Crippen molar-refractivity contribution in [3.05, 3.63) is 28.8 Å². The Bertz CT molecular complexity index is 364. The highest BCUT2D eigenvalue weighted by atomic mass is 79.9. The molecule has 1 aromatic carbocycles. The average molecular weight is 292 g/mol. The van der Waals surface area contributed by atoms with Crippen molar-refractivity contribution in [3.63, 3.8) is 0 Å². The van der Waals surface area contributed by atoms with Crippen molar-refractivity contribution in [1.29, 1.82) is 0 Å². The van der Waals surface area contributed by atoms with Gasteiger partial charge in [-0.2, -0.15) is 0 Å². The molecule has 1 unspecified atom stereocenters. The molecule has 0 saturated heterocycles. The van der Waals surface area contributed by atoms with Gasteiger partial charge in [0, 0.05) is 5.56 Å². The van der Waals surface area contributed by atoms with Gasteiger partial charge in [-0.1, -0.05) is 27.5 Å². The largest absolute Gasteiger partial charge is 0.494 e. The minimum absolute atomic E-state index is 0.0250. The molecular formula is C11H12BrClO2. The average Bonchev–Trinajstić information content (AvgIpc) is 2.17. The van der Waals surface area contributed by atoms with Crippen LogP contribution in [-0.2, 0) is 0 Å². The van der Waals surface area contributed by atoms with E-state index in [0.29, 0.717) is 22.9 Å². The van der Waals surface area contributed by atoms with E-state index in [1.165, 1.54) is 0 Å². The molecule has 0 amide bonds. The van der Waals surface area contributed by atoms with Gasteiger partial charge >= 0.3 is 0 Å². The van der Waals surface area contributed by atoms with Crippen LogP contribution in [-0.4, -0.2) is 17.2 Å². The van der Waals surface area contributed by atoms with Crippen LogP contribution >= 0.6 is 27.5 Å². The summed E-state index contributed by atoms with van der Waals surface area (Å²) in [5.74, 6) is 0.657. The Hall–Kier alpha value is -0.540. The zero-order valence-electron chi connectivity index (χ0n) is 8.59. The van der Waals surface area contributed by atoms with Gasteiger partial charge in [-0.05, 0) is 32.0 Å². The van der Waals surface area contributed by atoms with Gasteiger partial charge in [0.1, 0.15) is 5.75 Å². The third-order valence-electron chi connectivity index (χ3n) is 1.88. The highest BCUT2D eigenvalue weighted by Crippen LogP contribution is 2.24. The van der Waals surface area contributed by atoms with Crippen molar-refractivity contribution in [2.45, 2.75) is 18.7 Å². The summed E-state index contributed by atoms with van der Waals surface area (Å²) in [6, 6.07) is 5.10. The number of hydrogen-bond acceptors (Lipinski definition) is 2. The van der Waals surface area contributed by atoms with Crippen LogP contribution in [0.4, 0.5) is 0 Å². The van der Waals surface area contributed by atoms with Gasteiger partial charge in [0.25, 0.3) is 0 Å². The first kappa shape index (κ1) is 12.5. The summed E-state index contributed by atoms with van der Waals surface area (Å²) >= 11 is 9.20. The zero-order chi connectivity index (χ0) is 11.4. The van der Waals surface area contributed by atoms with Crippen molar-refractivity contribution in [1.82, 2.24) is 0 Å². The molecule has 82 valence electrons. The Morgan fingerprint density at radius 3 is 2.73 bits per heavy atom. The van der Waals surface area contributed by atoms with E-state index in [0.717, 1.165) is 0 Å². The van der Waals surface area contributed by atoms with Crippen LogP contribution in [0.2, 0.25) is 5.02 Å². The fourth-order valence-electron chi connectivity index (χ4n) is 1.17. The zero-order valence-corrected chi connectivity index (χ0v) is 10.9. The van der Waals surface area contributed by atoms with E-state index < -0.39 is 0 Å². The van der Waals surface area contributed by atoms with Crippen LogP contribution in [0.3, 0.4) is 0 Å². The molecule has 1 rings (SSSR count). The van der Waals surface area contributed by atoms with Crippen LogP contribution < -0.4 is 4.74 Å². The van der Waals surface area contributed by atoms with Crippen molar-refractivity contribution >= 4 is 33.3 Å². The quantitative estimate of drug-likeness (QED) is 0.624. The van der Waals surface area contributed by atoms with Gasteiger partial charge < -0.3 is 4.74 Å². The molecule has 0 N–H and O–H groups in total. The Balaban J connectivity index is 2.97. The van der Waals surface area contributed by atoms with E-state index >= 15 is 0 Å². The van der Waals surface area contributed by atoms with Gasteiger partial charge in [0.2, 0.25) is 0 Å². The van der Waals surface area contributed by atoms with Crippen LogP contribution in [0.25, 0.3) is 0 Å². The molecule has 0 bridgehead atoms. The minimum atomic E-state index is -0.229. The number of ether oxygens (including phenoxy) is 1. The molecule has 0 aliphatic heterocycles. The Morgan fingerprint density at radius 2 is 2.27 bits per heavy atom. The number of rotatable bonds is 4. The lowest BCUT2D eigenvalue weighted by molar-refractivity contribution is 0.0996. The maximum Gasteiger partial charge on any atom is 0.177 e.